The topological polar surface area (TPSA) is 61.5 Å². The molecule has 1 saturated heterocycles. The highest BCUT2D eigenvalue weighted by Crippen LogP contribution is 2.28. The third-order valence-corrected chi connectivity index (χ3v) is 6.54. The van der Waals surface area contributed by atoms with E-state index in [4.69, 9.17) is 4.74 Å². The number of rotatable bonds is 7. The minimum atomic E-state index is 0.125. The highest BCUT2D eigenvalue weighted by Gasteiger charge is 2.16. The maximum absolute atomic E-state index is 12.6. The summed E-state index contributed by atoms with van der Waals surface area (Å²) in [6, 6.07) is 16.5. The first-order valence-corrected chi connectivity index (χ1v) is 11.4. The van der Waals surface area contributed by atoms with Crippen LogP contribution >= 0.6 is 11.8 Å². The van der Waals surface area contributed by atoms with E-state index in [2.05, 4.69) is 46.1 Å². The van der Waals surface area contributed by atoms with Gasteiger partial charge in [-0.3, -0.25) is 4.79 Å². The molecule has 1 amide bonds. The van der Waals surface area contributed by atoms with Crippen molar-refractivity contribution in [2.45, 2.75) is 18.7 Å². The van der Waals surface area contributed by atoms with Gasteiger partial charge in [0, 0.05) is 32.4 Å². The number of aromatic amines is 1. The second kappa shape index (κ2) is 9.53. The fourth-order valence-electron chi connectivity index (χ4n) is 3.55. The Hall–Kier alpha value is -2.51. The predicted octanol–water partition coefficient (Wildman–Crippen LogP) is 3.85. The number of ether oxygens (including phenoxy) is 1. The van der Waals surface area contributed by atoms with Gasteiger partial charge in [-0.2, -0.15) is 0 Å². The molecule has 1 aliphatic heterocycles. The Labute approximate surface area is 181 Å². The van der Waals surface area contributed by atoms with Crippen LogP contribution in [0.1, 0.15) is 23.6 Å². The molecule has 1 N–H and O–H groups in total. The smallest absolute Gasteiger partial charge is 0.232 e. The second-order valence-electron chi connectivity index (χ2n) is 7.61. The van der Waals surface area contributed by atoms with Crippen LogP contribution in [0.2, 0.25) is 0 Å². The number of anilines is 1. The molecule has 7 heteroatoms. The molecule has 0 aliphatic carbocycles. The number of benzene rings is 2. The third kappa shape index (κ3) is 4.96. The van der Waals surface area contributed by atoms with Gasteiger partial charge >= 0.3 is 0 Å². The lowest BCUT2D eigenvalue weighted by molar-refractivity contribution is -0.127. The van der Waals surface area contributed by atoms with E-state index < -0.39 is 0 Å². The third-order valence-electron chi connectivity index (χ3n) is 5.41. The van der Waals surface area contributed by atoms with E-state index >= 15 is 0 Å². The summed E-state index contributed by atoms with van der Waals surface area (Å²) >= 11 is 1.61. The van der Waals surface area contributed by atoms with Gasteiger partial charge in [0.05, 0.1) is 35.2 Å². The minimum absolute atomic E-state index is 0.125. The number of imidazole rings is 1. The maximum atomic E-state index is 12.6. The van der Waals surface area contributed by atoms with Crippen molar-refractivity contribution in [1.29, 1.82) is 0 Å². The highest BCUT2D eigenvalue weighted by molar-refractivity contribution is 8.00. The zero-order valence-corrected chi connectivity index (χ0v) is 18.3. The molecular weight excluding hydrogens is 396 g/mol. The molecule has 1 unspecified atom stereocenters. The molecule has 4 rings (SSSR count). The molecule has 1 fully saturated rings. The zero-order chi connectivity index (χ0) is 20.9. The van der Waals surface area contributed by atoms with Crippen molar-refractivity contribution in [2.24, 2.45) is 0 Å². The number of thioether (sulfide) groups is 1. The SMILES string of the molecule is CC(SCC(=O)N(C)Cc1ccc(N2CCOCC2)cc1)c1nc2ccccc2[nH]1. The summed E-state index contributed by atoms with van der Waals surface area (Å²) in [5.74, 6) is 1.47. The summed E-state index contributed by atoms with van der Waals surface area (Å²) in [6.45, 7) is 6.12. The van der Waals surface area contributed by atoms with E-state index in [0.29, 0.717) is 12.3 Å². The lowest BCUT2D eigenvalue weighted by atomic mass is 10.2. The fraction of sp³-hybridized carbons (Fsp3) is 0.391. The number of hydrogen-bond donors (Lipinski definition) is 1. The van der Waals surface area contributed by atoms with Gasteiger partial charge < -0.3 is 19.5 Å². The Balaban J connectivity index is 1.28. The fourth-order valence-corrected chi connectivity index (χ4v) is 4.43. The summed E-state index contributed by atoms with van der Waals surface area (Å²) in [6.07, 6.45) is 0. The molecule has 0 saturated carbocycles. The molecule has 158 valence electrons. The number of amides is 1. The van der Waals surface area contributed by atoms with Gasteiger partial charge in [-0.05, 0) is 36.8 Å². The molecule has 30 heavy (non-hydrogen) atoms. The van der Waals surface area contributed by atoms with Crippen molar-refractivity contribution < 1.29 is 9.53 Å². The van der Waals surface area contributed by atoms with E-state index in [9.17, 15) is 4.79 Å². The van der Waals surface area contributed by atoms with Gasteiger partial charge in [-0.15, -0.1) is 11.8 Å². The van der Waals surface area contributed by atoms with E-state index in [1.165, 1.54) is 5.69 Å². The molecule has 1 atom stereocenters. The number of para-hydroxylation sites is 2. The van der Waals surface area contributed by atoms with Crippen LogP contribution in [0.4, 0.5) is 5.69 Å². The van der Waals surface area contributed by atoms with E-state index in [-0.39, 0.29) is 11.2 Å². The number of carbonyl (C=O) groups excluding carboxylic acids is 1. The Bertz CT molecular complexity index is 949. The molecule has 2 heterocycles. The highest BCUT2D eigenvalue weighted by atomic mass is 32.2. The second-order valence-corrected chi connectivity index (χ2v) is 8.94. The van der Waals surface area contributed by atoms with E-state index in [1.54, 1.807) is 16.7 Å². The number of nitrogens with one attached hydrogen (secondary N) is 1. The first-order valence-electron chi connectivity index (χ1n) is 10.3. The number of fused-ring (bicyclic) bond motifs is 1. The number of aromatic nitrogens is 2. The van der Waals surface area contributed by atoms with Crippen molar-refractivity contribution in [2.75, 3.05) is 44.0 Å². The van der Waals surface area contributed by atoms with Crippen LogP contribution in [0.15, 0.2) is 48.5 Å². The summed E-state index contributed by atoms with van der Waals surface area (Å²) < 4.78 is 5.41. The number of carbonyl (C=O) groups is 1. The van der Waals surface area contributed by atoms with Crippen LogP contribution in [0.5, 0.6) is 0 Å². The summed E-state index contributed by atoms with van der Waals surface area (Å²) in [5.41, 5.74) is 4.34. The lowest BCUT2D eigenvalue weighted by Gasteiger charge is -2.29. The van der Waals surface area contributed by atoms with Gasteiger partial charge in [0.2, 0.25) is 5.91 Å². The van der Waals surface area contributed by atoms with Crippen molar-refractivity contribution in [1.82, 2.24) is 14.9 Å². The molecule has 0 spiro atoms. The first kappa shape index (κ1) is 20.8. The minimum Gasteiger partial charge on any atom is -0.378 e. The van der Waals surface area contributed by atoms with Gasteiger partial charge in [-0.1, -0.05) is 24.3 Å². The summed E-state index contributed by atoms with van der Waals surface area (Å²) in [4.78, 5) is 24.7. The van der Waals surface area contributed by atoms with Crippen molar-refractivity contribution >= 4 is 34.4 Å². The summed E-state index contributed by atoms with van der Waals surface area (Å²) in [7, 11) is 1.87. The quantitative estimate of drug-likeness (QED) is 0.624. The summed E-state index contributed by atoms with van der Waals surface area (Å²) in [5, 5.41) is 0.127. The molecule has 0 bridgehead atoms. The van der Waals surface area contributed by atoms with Crippen LogP contribution in [-0.4, -0.2) is 59.9 Å². The van der Waals surface area contributed by atoms with Gasteiger partial charge in [0.15, 0.2) is 0 Å². The predicted molar refractivity (Wildman–Crippen MR) is 123 cm³/mol. The van der Waals surface area contributed by atoms with Gasteiger partial charge in [0.1, 0.15) is 5.82 Å². The van der Waals surface area contributed by atoms with Crippen LogP contribution in [0.25, 0.3) is 11.0 Å². The van der Waals surface area contributed by atoms with Crippen molar-refractivity contribution in [3.8, 4) is 0 Å². The Kier molecular flexibility index (Phi) is 6.59. The van der Waals surface area contributed by atoms with Crippen molar-refractivity contribution in [3.05, 3.63) is 59.9 Å². The average molecular weight is 425 g/mol. The van der Waals surface area contributed by atoms with Gasteiger partial charge in [-0.25, -0.2) is 4.98 Å². The van der Waals surface area contributed by atoms with Crippen LogP contribution in [0, 0.1) is 0 Å². The number of H-pyrrole nitrogens is 1. The lowest BCUT2D eigenvalue weighted by Crippen LogP contribution is -2.36. The normalized spacial score (nSPS) is 15.3. The molecule has 0 radical (unpaired) electrons. The largest absolute Gasteiger partial charge is 0.378 e. The molecular formula is C23H28N4O2S. The standard InChI is InChI=1S/C23H28N4O2S/c1-17(23-24-20-5-3-4-6-21(20)25-23)30-16-22(28)26(2)15-18-7-9-19(10-8-18)27-11-13-29-14-12-27/h3-10,17H,11-16H2,1-2H3,(H,24,25). The number of nitrogens with zero attached hydrogens (tertiary/aromatic N) is 3. The van der Waals surface area contributed by atoms with Crippen molar-refractivity contribution in [3.63, 3.8) is 0 Å². The Morgan fingerprint density at radius 1 is 1.20 bits per heavy atom. The van der Waals surface area contributed by atoms with Crippen LogP contribution in [-0.2, 0) is 16.1 Å². The number of hydrogen-bond acceptors (Lipinski definition) is 5. The Morgan fingerprint density at radius 3 is 2.67 bits per heavy atom. The average Bonchev–Trinajstić information content (AvgIpc) is 3.23. The van der Waals surface area contributed by atoms with Crippen LogP contribution < -0.4 is 4.90 Å². The molecule has 1 aliphatic rings. The molecule has 6 nitrogen and oxygen atoms in total. The molecule has 3 aromatic rings. The number of morpholine rings is 1. The van der Waals surface area contributed by atoms with Crippen LogP contribution in [0.3, 0.4) is 0 Å². The zero-order valence-electron chi connectivity index (χ0n) is 17.5. The molecule has 2 aromatic carbocycles. The Morgan fingerprint density at radius 2 is 1.93 bits per heavy atom. The van der Waals surface area contributed by atoms with E-state index in [0.717, 1.165) is 48.7 Å². The maximum Gasteiger partial charge on any atom is 0.232 e. The van der Waals surface area contributed by atoms with E-state index in [1.807, 2.05) is 31.3 Å². The van der Waals surface area contributed by atoms with Gasteiger partial charge in [0.25, 0.3) is 0 Å². The molecule has 1 aromatic heterocycles. The first-order chi connectivity index (χ1) is 14.6. The monoisotopic (exact) mass is 424 g/mol.